The molecule has 1 N–H and O–H groups in total. The summed E-state index contributed by atoms with van der Waals surface area (Å²) in [5.74, 6) is 0.334. The molecule has 1 aromatic heterocycles. The summed E-state index contributed by atoms with van der Waals surface area (Å²) in [6.07, 6.45) is 1.99. The molecule has 1 unspecified atom stereocenters. The third-order valence-electron chi connectivity index (χ3n) is 6.21. The number of nitrogens with zero attached hydrogens (tertiary/aromatic N) is 2. The minimum absolute atomic E-state index is 0.0401. The summed E-state index contributed by atoms with van der Waals surface area (Å²) < 4.78 is 40.0. The minimum atomic E-state index is -4.16. The second-order valence-electron chi connectivity index (χ2n) is 8.95. The smallest absolute Gasteiger partial charge is 0.421 e. The zero-order chi connectivity index (χ0) is 29.4. The number of carbonyl (C=O) groups excluding carboxylic acids is 2. The fourth-order valence-electron chi connectivity index (χ4n) is 4.02. The molecule has 3 aromatic rings. The van der Waals surface area contributed by atoms with E-state index in [1.54, 1.807) is 25.1 Å². The van der Waals surface area contributed by atoms with Gasteiger partial charge in [0.15, 0.2) is 0 Å². The van der Waals surface area contributed by atoms with Crippen molar-refractivity contribution in [2.45, 2.75) is 63.1 Å². The van der Waals surface area contributed by atoms with E-state index in [9.17, 15) is 18.0 Å². The lowest BCUT2D eigenvalue weighted by atomic mass is 10.0. The zero-order valence-corrected chi connectivity index (χ0v) is 25.0. The van der Waals surface area contributed by atoms with Crippen molar-refractivity contribution in [3.63, 3.8) is 0 Å². The number of aryl methyl sites for hydroxylation is 1. The predicted octanol–water partition coefficient (Wildman–Crippen LogP) is 5.67. The number of esters is 1. The van der Waals surface area contributed by atoms with Crippen LogP contribution in [-0.2, 0) is 37.3 Å². The fourth-order valence-corrected chi connectivity index (χ4v) is 5.77. The largest absolute Gasteiger partial charge is 0.459 e. The second-order valence-corrected chi connectivity index (χ2v) is 11.4. The number of hydrogen-bond donors (Lipinski definition) is 1. The average Bonchev–Trinajstić information content (AvgIpc) is 3.29. The molecule has 1 atom stereocenters. The number of imidazole rings is 1. The van der Waals surface area contributed by atoms with Crippen molar-refractivity contribution in [2.24, 2.45) is 0 Å². The van der Waals surface area contributed by atoms with Crippen LogP contribution in [-0.4, -0.2) is 49.0 Å². The lowest BCUT2D eigenvalue weighted by Gasteiger charge is -2.16. The van der Waals surface area contributed by atoms with Crippen LogP contribution in [0.2, 0.25) is 0 Å². The molecular formula is C29H35N3O6S2. The number of carbonyl (C=O) groups is 2. The van der Waals surface area contributed by atoms with Gasteiger partial charge in [0.25, 0.3) is 10.0 Å². The van der Waals surface area contributed by atoms with E-state index < -0.39 is 22.1 Å². The van der Waals surface area contributed by atoms with E-state index in [1.165, 1.54) is 17.8 Å². The monoisotopic (exact) mass is 585 g/mol. The summed E-state index contributed by atoms with van der Waals surface area (Å²) in [5, 5.41) is 0.702. The Morgan fingerprint density at radius 3 is 2.38 bits per heavy atom. The third kappa shape index (κ3) is 7.14. The standard InChI is InChI=1S/C29H35N3O6S2/c1-7-19(4)38-28(33)20(5)26-27(39-6)30-25(8-2)32(26)18-21-14-16-22(17-15-21)23-12-10-11-13-24(23)40(35,36)31-29(34)37-9-3/h10-17,19H,5,7-9,18H2,1-4,6H3,(H,31,34). The van der Waals surface area contributed by atoms with Gasteiger partial charge in [-0.1, -0.05) is 62.9 Å². The predicted molar refractivity (Wildman–Crippen MR) is 157 cm³/mol. The first-order chi connectivity index (χ1) is 19.1. The number of nitrogens with one attached hydrogen (secondary N) is 1. The maximum Gasteiger partial charge on any atom is 0.421 e. The third-order valence-corrected chi connectivity index (χ3v) is 8.26. The molecule has 0 aliphatic rings. The fraction of sp³-hybridized carbons (Fsp3) is 0.345. The molecule has 0 aliphatic carbocycles. The van der Waals surface area contributed by atoms with Crippen LogP contribution in [0.5, 0.6) is 0 Å². The Morgan fingerprint density at radius 2 is 1.77 bits per heavy atom. The van der Waals surface area contributed by atoms with E-state index in [0.717, 1.165) is 11.4 Å². The number of aromatic nitrogens is 2. The first-order valence-electron chi connectivity index (χ1n) is 13.0. The number of rotatable bonds is 12. The molecule has 0 radical (unpaired) electrons. The van der Waals surface area contributed by atoms with Crippen molar-refractivity contribution >= 4 is 39.4 Å². The van der Waals surface area contributed by atoms with Crippen molar-refractivity contribution in [1.29, 1.82) is 0 Å². The van der Waals surface area contributed by atoms with Crippen LogP contribution >= 0.6 is 11.8 Å². The molecule has 40 heavy (non-hydrogen) atoms. The van der Waals surface area contributed by atoms with Gasteiger partial charge in [0.05, 0.1) is 28.9 Å². The highest BCUT2D eigenvalue weighted by molar-refractivity contribution is 7.98. The van der Waals surface area contributed by atoms with Gasteiger partial charge in [-0.25, -0.2) is 27.7 Å². The quantitative estimate of drug-likeness (QED) is 0.164. The van der Waals surface area contributed by atoms with Gasteiger partial charge >= 0.3 is 12.1 Å². The first-order valence-corrected chi connectivity index (χ1v) is 15.7. The molecule has 0 aliphatic heterocycles. The highest BCUT2D eigenvalue weighted by Gasteiger charge is 2.25. The molecule has 2 aromatic carbocycles. The molecule has 3 rings (SSSR count). The zero-order valence-electron chi connectivity index (χ0n) is 23.4. The van der Waals surface area contributed by atoms with Crippen molar-refractivity contribution < 1.29 is 27.5 Å². The Bertz CT molecular complexity index is 1480. The van der Waals surface area contributed by atoms with Gasteiger partial charge in [-0.2, -0.15) is 0 Å². The van der Waals surface area contributed by atoms with E-state index in [0.29, 0.717) is 41.2 Å². The van der Waals surface area contributed by atoms with Gasteiger partial charge in [-0.05, 0) is 43.7 Å². The Kier molecular flexibility index (Phi) is 10.6. The van der Waals surface area contributed by atoms with Crippen LogP contribution in [0, 0.1) is 0 Å². The molecule has 1 heterocycles. The van der Waals surface area contributed by atoms with Crippen molar-refractivity contribution in [2.75, 3.05) is 12.9 Å². The molecule has 0 fully saturated rings. The lowest BCUT2D eigenvalue weighted by molar-refractivity contribution is -0.141. The van der Waals surface area contributed by atoms with Crippen LogP contribution < -0.4 is 4.72 Å². The SMILES string of the molecule is C=C(C(=O)OC(C)CC)c1c(SC)nc(CC)n1Cc1ccc(-c2ccccc2S(=O)(=O)NC(=O)OCC)cc1. The van der Waals surface area contributed by atoms with Crippen LogP contribution in [0.25, 0.3) is 16.7 Å². The maximum absolute atomic E-state index is 12.9. The van der Waals surface area contributed by atoms with Gasteiger partial charge in [0.2, 0.25) is 0 Å². The number of ether oxygens (including phenoxy) is 2. The Morgan fingerprint density at radius 1 is 1.10 bits per heavy atom. The lowest BCUT2D eigenvalue weighted by Crippen LogP contribution is -2.31. The maximum atomic E-state index is 12.9. The Hall–Kier alpha value is -3.57. The van der Waals surface area contributed by atoms with Crippen LogP contribution in [0.3, 0.4) is 0 Å². The summed E-state index contributed by atoms with van der Waals surface area (Å²) in [6, 6.07) is 13.8. The number of benzene rings is 2. The molecule has 0 saturated carbocycles. The molecule has 0 saturated heterocycles. The number of amides is 1. The van der Waals surface area contributed by atoms with Gasteiger partial charge in [-0.3, -0.25) is 0 Å². The van der Waals surface area contributed by atoms with Crippen LogP contribution in [0.1, 0.15) is 51.2 Å². The van der Waals surface area contributed by atoms with Gasteiger partial charge < -0.3 is 14.0 Å². The van der Waals surface area contributed by atoms with Gasteiger partial charge in [0, 0.05) is 18.5 Å². The summed E-state index contributed by atoms with van der Waals surface area (Å²) >= 11 is 1.44. The highest BCUT2D eigenvalue weighted by atomic mass is 32.2. The topological polar surface area (TPSA) is 117 Å². The van der Waals surface area contributed by atoms with E-state index in [-0.39, 0.29) is 23.2 Å². The Balaban J connectivity index is 1.95. The summed E-state index contributed by atoms with van der Waals surface area (Å²) in [7, 11) is -4.16. The molecule has 0 bridgehead atoms. The van der Waals surface area contributed by atoms with E-state index >= 15 is 0 Å². The van der Waals surface area contributed by atoms with Crippen molar-refractivity contribution in [3.05, 3.63) is 72.2 Å². The molecule has 9 nitrogen and oxygen atoms in total. The average molecular weight is 586 g/mol. The normalized spacial score (nSPS) is 12.0. The van der Waals surface area contributed by atoms with Crippen LogP contribution in [0.15, 0.2) is 65.0 Å². The Labute approximate surface area is 240 Å². The van der Waals surface area contributed by atoms with Crippen LogP contribution in [0.4, 0.5) is 4.79 Å². The van der Waals surface area contributed by atoms with E-state index in [4.69, 9.17) is 14.5 Å². The van der Waals surface area contributed by atoms with E-state index in [1.807, 2.05) is 60.6 Å². The van der Waals surface area contributed by atoms with Gasteiger partial charge in [-0.15, -0.1) is 11.8 Å². The van der Waals surface area contributed by atoms with Gasteiger partial charge in [0.1, 0.15) is 10.9 Å². The second kappa shape index (κ2) is 13.7. The molecule has 11 heteroatoms. The summed E-state index contributed by atoms with van der Waals surface area (Å²) in [5.41, 5.74) is 2.89. The van der Waals surface area contributed by atoms with Crippen molar-refractivity contribution in [3.8, 4) is 11.1 Å². The highest BCUT2D eigenvalue weighted by Crippen LogP contribution is 2.31. The molecule has 0 spiro atoms. The molecular weight excluding hydrogens is 550 g/mol. The minimum Gasteiger partial charge on any atom is -0.459 e. The number of thioether (sulfide) groups is 1. The number of hydrogen-bond acceptors (Lipinski definition) is 8. The number of sulfonamides is 1. The molecule has 214 valence electrons. The first kappa shape index (κ1) is 31.0. The summed E-state index contributed by atoms with van der Waals surface area (Å²) in [6.45, 7) is 11.9. The summed E-state index contributed by atoms with van der Waals surface area (Å²) in [4.78, 5) is 29.3. The van der Waals surface area contributed by atoms with E-state index in [2.05, 4.69) is 6.58 Å². The molecule has 1 amide bonds. The van der Waals surface area contributed by atoms with Crippen molar-refractivity contribution in [1.82, 2.24) is 14.3 Å².